The van der Waals surface area contributed by atoms with E-state index in [-0.39, 0.29) is 17.3 Å². The summed E-state index contributed by atoms with van der Waals surface area (Å²) in [6.07, 6.45) is 3.65. The maximum Gasteiger partial charge on any atom is 0.332 e. The Morgan fingerprint density at radius 1 is 1.11 bits per heavy atom. The van der Waals surface area contributed by atoms with E-state index in [9.17, 15) is 9.59 Å². The predicted molar refractivity (Wildman–Crippen MR) is 111 cm³/mol. The van der Waals surface area contributed by atoms with Crippen molar-refractivity contribution in [3.8, 4) is 11.3 Å². The second-order valence-electron chi connectivity index (χ2n) is 7.45. The third-order valence-corrected chi connectivity index (χ3v) is 5.20. The first-order valence-electron chi connectivity index (χ1n) is 9.74. The summed E-state index contributed by atoms with van der Waals surface area (Å²) in [4.78, 5) is 30.6. The molecule has 3 aromatic heterocycles. The summed E-state index contributed by atoms with van der Waals surface area (Å²) < 4.78 is 6.75. The highest BCUT2D eigenvalue weighted by molar-refractivity contribution is 5.78. The third kappa shape index (κ3) is 2.61. The van der Waals surface area contributed by atoms with E-state index in [0.29, 0.717) is 23.5 Å². The number of imidazole rings is 2. The Labute approximate surface area is 162 Å². The van der Waals surface area contributed by atoms with Crippen molar-refractivity contribution in [2.75, 3.05) is 0 Å². The zero-order chi connectivity index (χ0) is 20.0. The van der Waals surface area contributed by atoms with Gasteiger partial charge in [0.15, 0.2) is 11.2 Å². The maximum atomic E-state index is 13.2. The quantitative estimate of drug-likeness (QED) is 0.535. The fraction of sp³-hybridized carbons (Fsp3) is 0.381. The maximum absolute atomic E-state index is 13.2. The Morgan fingerprint density at radius 2 is 1.82 bits per heavy atom. The lowest BCUT2D eigenvalue weighted by atomic mass is 10.1. The molecule has 0 saturated heterocycles. The van der Waals surface area contributed by atoms with E-state index in [1.165, 1.54) is 9.13 Å². The summed E-state index contributed by atoms with van der Waals surface area (Å²) in [6.45, 7) is 6.64. The summed E-state index contributed by atoms with van der Waals surface area (Å²) in [7, 11) is 1.68. The van der Waals surface area contributed by atoms with Crippen LogP contribution in [0.5, 0.6) is 0 Å². The first kappa shape index (κ1) is 18.3. The van der Waals surface area contributed by atoms with Gasteiger partial charge in [-0.1, -0.05) is 43.7 Å². The molecular weight excluding hydrogens is 354 g/mol. The number of aryl methyl sites for hydroxylation is 1. The average molecular weight is 379 g/mol. The SMILES string of the molecule is CCCCn1c(=O)c2c(nc3n(C(C)C)c(-c4ccccc4)cn23)n(C)c1=O. The Kier molecular flexibility index (Phi) is 4.45. The number of nitrogens with zero attached hydrogens (tertiary/aromatic N) is 5. The second kappa shape index (κ2) is 6.82. The zero-order valence-electron chi connectivity index (χ0n) is 16.7. The highest BCUT2D eigenvalue weighted by Crippen LogP contribution is 2.28. The Balaban J connectivity index is 2.11. The van der Waals surface area contributed by atoms with E-state index < -0.39 is 0 Å². The fourth-order valence-corrected chi connectivity index (χ4v) is 3.76. The van der Waals surface area contributed by atoms with Crippen LogP contribution < -0.4 is 11.2 Å². The van der Waals surface area contributed by atoms with Gasteiger partial charge in [0.05, 0.1) is 5.69 Å². The highest BCUT2D eigenvalue weighted by atomic mass is 16.2. The molecule has 0 atom stereocenters. The number of benzene rings is 1. The van der Waals surface area contributed by atoms with Gasteiger partial charge in [0.2, 0.25) is 5.78 Å². The van der Waals surface area contributed by atoms with Gasteiger partial charge in [-0.05, 0) is 25.8 Å². The van der Waals surface area contributed by atoms with E-state index in [1.807, 2.05) is 47.9 Å². The molecule has 7 nitrogen and oxygen atoms in total. The van der Waals surface area contributed by atoms with E-state index >= 15 is 0 Å². The van der Waals surface area contributed by atoms with Crippen LogP contribution in [0, 0.1) is 0 Å². The van der Waals surface area contributed by atoms with Crippen LogP contribution in [0.1, 0.15) is 39.7 Å². The number of unbranched alkanes of at least 4 members (excludes halogenated alkanes) is 1. The molecule has 3 heterocycles. The summed E-state index contributed by atoms with van der Waals surface area (Å²) in [5.41, 5.74) is 2.33. The van der Waals surface area contributed by atoms with Crippen LogP contribution in [0.4, 0.5) is 0 Å². The van der Waals surface area contributed by atoms with Crippen LogP contribution in [-0.4, -0.2) is 23.1 Å². The molecule has 0 fully saturated rings. The van der Waals surface area contributed by atoms with Crippen LogP contribution in [-0.2, 0) is 13.6 Å². The molecule has 0 N–H and O–H groups in total. The van der Waals surface area contributed by atoms with E-state index in [2.05, 4.69) is 18.4 Å². The van der Waals surface area contributed by atoms with Gasteiger partial charge in [0.1, 0.15) is 0 Å². The largest absolute Gasteiger partial charge is 0.332 e. The zero-order valence-corrected chi connectivity index (χ0v) is 16.7. The number of fused-ring (bicyclic) bond motifs is 3. The van der Waals surface area contributed by atoms with Gasteiger partial charge < -0.3 is 4.57 Å². The molecule has 146 valence electrons. The van der Waals surface area contributed by atoms with Crippen LogP contribution in [0.3, 0.4) is 0 Å². The van der Waals surface area contributed by atoms with E-state index in [4.69, 9.17) is 4.98 Å². The molecule has 0 saturated carbocycles. The molecule has 0 aliphatic heterocycles. The molecule has 4 rings (SSSR count). The normalized spacial score (nSPS) is 11.9. The van der Waals surface area contributed by atoms with Crippen LogP contribution in [0.15, 0.2) is 46.1 Å². The lowest BCUT2D eigenvalue weighted by molar-refractivity contribution is 0.566. The molecule has 4 aromatic rings. The molecule has 0 aliphatic rings. The van der Waals surface area contributed by atoms with Crippen LogP contribution in [0.2, 0.25) is 0 Å². The van der Waals surface area contributed by atoms with Crippen molar-refractivity contribution >= 4 is 16.9 Å². The van der Waals surface area contributed by atoms with Crippen molar-refractivity contribution in [1.29, 1.82) is 0 Å². The minimum absolute atomic E-state index is 0.142. The Bertz CT molecular complexity index is 1270. The van der Waals surface area contributed by atoms with Crippen molar-refractivity contribution in [2.45, 2.75) is 46.2 Å². The smallest absolute Gasteiger partial charge is 0.307 e. The lowest BCUT2D eigenvalue weighted by Crippen LogP contribution is -2.39. The van der Waals surface area contributed by atoms with Gasteiger partial charge in [-0.15, -0.1) is 0 Å². The van der Waals surface area contributed by atoms with E-state index in [0.717, 1.165) is 24.1 Å². The third-order valence-electron chi connectivity index (χ3n) is 5.20. The van der Waals surface area contributed by atoms with Gasteiger partial charge in [-0.3, -0.25) is 18.3 Å². The molecule has 0 radical (unpaired) electrons. The number of rotatable bonds is 5. The molecule has 1 aromatic carbocycles. The summed E-state index contributed by atoms with van der Waals surface area (Å²) in [5, 5.41) is 0. The molecule has 0 unspecified atom stereocenters. The fourth-order valence-electron chi connectivity index (χ4n) is 3.76. The minimum atomic E-state index is -0.314. The van der Waals surface area contributed by atoms with Crippen molar-refractivity contribution in [1.82, 2.24) is 23.1 Å². The average Bonchev–Trinajstić information content (AvgIpc) is 3.23. The number of aromatic nitrogens is 5. The molecule has 0 aliphatic carbocycles. The molecule has 0 bridgehead atoms. The molecule has 0 amide bonds. The predicted octanol–water partition coefficient (Wildman–Crippen LogP) is 3.20. The lowest BCUT2D eigenvalue weighted by Gasteiger charge is -2.12. The van der Waals surface area contributed by atoms with Crippen molar-refractivity contribution in [2.24, 2.45) is 7.05 Å². The van der Waals surface area contributed by atoms with Gasteiger partial charge in [0.25, 0.3) is 5.56 Å². The standard InChI is InChI=1S/C21H25N5O2/c1-5-6-12-24-19(27)17-18(23(4)21(24)28)22-20-25(17)13-16(26(20)14(2)3)15-10-8-7-9-11-15/h7-11,13-14H,5-6,12H2,1-4H3. The topological polar surface area (TPSA) is 66.2 Å². The van der Waals surface area contributed by atoms with Crippen molar-refractivity contribution in [3.63, 3.8) is 0 Å². The van der Waals surface area contributed by atoms with Gasteiger partial charge in [-0.2, -0.15) is 4.98 Å². The second-order valence-corrected chi connectivity index (χ2v) is 7.45. The van der Waals surface area contributed by atoms with Gasteiger partial charge in [-0.25, -0.2) is 4.79 Å². The number of hydrogen-bond acceptors (Lipinski definition) is 3. The molecule has 28 heavy (non-hydrogen) atoms. The van der Waals surface area contributed by atoms with Crippen LogP contribution in [0.25, 0.3) is 28.2 Å². The first-order chi connectivity index (χ1) is 13.5. The first-order valence-corrected chi connectivity index (χ1v) is 9.74. The molecule has 7 heteroatoms. The monoisotopic (exact) mass is 379 g/mol. The van der Waals surface area contributed by atoms with Crippen molar-refractivity contribution < 1.29 is 0 Å². The van der Waals surface area contributed by atoms with Gasteiger partial charge >= 0.3 is 5.69 Å². The Morgan fingerprint density at radius 3 is 2.46 bits per heavy atom. The highest BCUT2D eigenvalue weighted by Gasteiger charge is 2.22. The van der Waals surface area contributed by atoms with Crippen molar-refractivity contribution in [3.05, 3.63) is 57.4 Å². The summed E-state index contributed by atoms with van der Waals surface area (Å²) in [5.74, 6) is 0.671. The van der Waals surface area contributed by atoms with Crippen LogP contribution >= 0.6 is 0 Å². The number of hydrogen-bond donors (Lipinski definition) is 0. The van der Waals surface area contributed by atoms with E-state index in [1.54, 1.807) is 7.05 Å². The molecule has 0 spiro atoms. The minimum Gasteiger partial charge on any atom is -0.307 e. The Hall–Kier alpha value is -3.09. The van der Waals surface area contributed by atoms with Gasteiger partial charge in [0, 0.05) is 25.8 Å². The summed E-state index contributed by atoms with van der Waals surface area (Å²) in [6, 6.07) is 10.2. The molecular formula is C21H25N5O2. The summed E-state index contributed by atoms with van der Waals surface area (Å²) >= 11 is 0.